The predicted molar refractivity (Wildman–Crippen MR) is 120 cm³/mol. The number of methoxy groups -OCH3 is 1. The van der Waals surface area contributed by atoms with Gasteiger partial charge in [0.05, 0.1) is 7.11 Å². The van der Waals surface area contributed by atoms with Crippen LogP contribution < -0.4 is 15.0 Å². The van der Waals surface area contributed by atoms with Crippen LogP contribution in [-0.2, 0) is 12.8 Å². The van der Waals surface area contributed by atoms with Crippen molar-refractivity contribution in [3.63, 3.8) is 0 Å². The van der Waals surface area contributed by atoms with Gasteiger partial charge in [0.25, 0.3) is 0 Å². The van der Waals surface area contributed by atoms with E-state index in [9.17, 15) is 0 Å². The summed E-state index contributed by atoms with van der Waals surface area (Å²) in [6.07, 6.45) is 1.79. The first-order valence-corrected chi connectivity index (χ1v) is 11.2. The number of piperazine rings is 1. The molecule has 1 saturated heterocycles. The molecule has 0 unspecified atom stereocenters. The van der Waals surface area contributed by atoms with Crippen molar-refractivity contribution in [1.82, 2.24) is 19.6 Å². The first kappa shape index (κ1) is 21.4. The predicted octanol–water partition coefficient (Wildman–Crippen LogP) is 2.75. The quantitative estimate of drug-likeness (QED) is 0.553. The summed E-state index contributed by atoms with van der Waals surface area (Å²) in [5.74, 6) is 2.88. The van der Waals surface area contributed by atoms with E-state index < -0.39 is 0 Å². The molecule has 29 heavy (non-hydrogen) atoms. The Balaban J connectivity index is 1.56. The zero-order chi connectivity index (χ0) is 20.6. The van der Waals surface area contributed by atoms with Gasteiger partial charge >= 0.3 is 0 Å². The number of aliphatic imine (C=N–C) groups is 1. The fourth-order valence-corrected chi connectivity index (χ4v) is 4.16. The van der Waals surface area contributed by atoms with Crippen LogP contribution in [0.25, 0.3) is 0 Å². The van der Waals surface area contributed by atoms with Gasteiger partial charge in [-0.2, -0.15) is 4.37 Å². The molecule has 1 N–H and O–H groups in total. The standard InChI is InChI=1S/C21H32N6OS/c1-5-19-24-21(29-25-19)27-13-11-26(12-14-27)20(22-6-2)23-10-9-17-8-7-16(3)18(15-17)28-4/h7-8,15H,5-6,9-14H2,1-4H3,(H,22,23). The third-order valence-electron chi connectivity index (χ3n) is 5.09. The smallest absolute Gasteiger partial charge is 0.205 e. The number of aromatic nitrogens is 2. The molecule has 1 aliphatic rings. The zero-order valence-electron chi connectivity index (χ0n) is 17.9. The van der Waals surface area contributed by atoms with Crippen LogP contribution in [0, 0.1) is 6.92 Å². The largest absolute Gasteiger partial charge is 0.496 e. The summed E-state index contributed by atoms with van der Waals surface area (Å²) in [6.45, 7) is 11.7. The minimum atomic E-state index is 0.755. The van der Waals surface area contributed by atoms with E-state index in [1.165, 1.54) is 17.1 Å². The van der Waals surface area contributed by atoms with Crippen molar-refractivity contribution in [2.24, 2.45) is 4.99 Å². The first-order valence-electron chi connectivity index (χ1n) is 10.4. The lowest BCUT2D eigenvalue weighted by Gasteiger charge is -2.36. The molecule has 0 amide bonds. The van der Waals surface area contributed by atoms with Gasteiger partial charge in [-0.25, -0.2) is 4.98 Å². The summed E-state index contributed by atoms with van der Waals surface area (Å²) in [4.78, 5) is 14.2. The lowest BCUT2D eigenvalue weighted by molar-refractivity contribution is 0.372. The molecule has 1 aromatic carbocycles. The molecule has 0 aliphatic carbocycles. The average molecular weight is 417 g/mol. The third-order valence-corrected chi connectivity index (χ3v) is 5.91. The number of hydrogen-bond donors (Lipinski definition) is 1. The Hall–Kier alpha value is -2.35. The molecule has 1 aromatic heterocycles. The van der Waals surface area contributed by atoms with Crippen LogP contribution in [0.15, 0.2) is 23.2 Å². The second kappa shape index (κ2) is 10.4. The van der Waals surface area contributed by atoms with Crippen LogP contribution in [0.4, 0.5) is 5.13 Å². The molecule has 2 aromatic rings. The number of nitrogens with one attached hydrogen (secondary N) is 1. The molecule has 2 heterocycles. The van der Waals surface area contributed by atoms with Crippen molar-refractivity contribution in [1.29, 1.82) is 0 Å². The normalized spacial score (nSPS) is 15.0. The number of benzene rings is 1. The van der Waals surface area contributed by atoms with E-state index in [-0.39, 0.29) is 0 Å². The third kappa shape index (κ3) is 5.59. The van der Waals surface area contributed by atoms with E-state index >= 15 is 0 Å². The molecule has 1 aliphatic heterocycles. The van der Waals surface area contributed by atoms with E-state index in [1.54, 1.807) is 7.11 Å². The Morgan fingerprint density at radius 1 is 1.24 bits per heavy atom. The number of hydrogen-bond acceptors (Lipinski definition) is 6. The van der Waals surface area contributed by atoms with Gasteiger partial charge in [0.2, 0.25) is 5.13 Å². The highest BCUT2D eigenvalue weighted by Gasteiger charge is 2.22. The molecule has 0 radical (unpaired) electrons. The van der Waals surface area contributed by atoms with Crippen LogP contribution in [-0.4, -0.2) is 66.6 Å². The summed E-state index contributed by atoms with van der Waals surface area (Å²) < 4.78 is 9.84. The Bertz CT molecular complexity index is 813. The van der Waals surface area contributed by atoms with Gasteiger partial charge in [0.15, 0.2) is 5.96 Å². The van der Waals surface area contributed by atoms with Crippen molar-refractivity contribution in [2.75, 3.05) is 51.3 Å². The molecule has 158 valence electrons. The first-order chi connectivity index (χ1) is 14.1. The van der Waals surface area contributed by atoms with Crippen molar-refractivity contribution >= 4 is 22.6 Å². The number of nitrogens with zero attached hydrogens (tertiary/aromatic N) is 5. The highest BCUT2D eigenvalue weighted by molar-refractivity contribution is 7.09. The summed E-state index contributed by atoms with van der Waals surface area (Å²) in [7, 11) is 1.72. The summed E-state index contributed by atoms with van der Waals surface area (Å²) in [6, 6.07) is 6.38. The Morgan fingerprint density at radius 2 is 2.03 bits per heavy atom. The van der Waals surface area contributed by atoms with Crippen LogP contribution in [0.3, 0.4) is 0 Å². The maximum Gasteiger partial charge on any atom is 0.205 e. The topological polar surface area (TPSA) is 65.9 Å². The molecule has 8 heteroatoms. The Morgan fingerprint density at radius 3 is 2.69 bits per heavy atom. The molecule has 7 nitrogen and oxygen atoms in total. The van der Waals surface area contributed by atoms with E-state index in [4.69, 9.17) is 9.73 Å². The minimum Gasteiger partial charge on any atom is -0.496 e. The van der Waals surface area contributed by atoms with E-state index in [0.717, 1.165) is 80.3 Å². The molecular formula is C21H32N6OS. The molecule has 0 bridgehead atoms. The number of rotatable bonds is 7. The SMILES string of the molecule is CCNC(=NCCc1ccc(C)c(OC)c1)N1CCN(c2nc(CC)ns2)CC1. The van der Waals surface area contributed by atoms with Gasteiger partial charge in [-0.3, -0.25) is 4.99 Å². The highest BCUT2D eigenvalue weighted by Crippen LogP contribution is 2.20. The Kier molecular flexibility index (Phi) is 7.69. The van der Waals surface area contributed by atoms with Crippen LogP contribution >= 0.6 is 11.5 Å². The second-order valence-electron chi connectivity index (χ2n) is 7.11. The highest BCUT2D eigenvalue weighted by atomic mass is 32.1. The molecular weight excluding hydrogens is 384 g/mol. The van der Waals surface area contributed by atoms with Crippen molar-refractivity contribution in [3.05, 3.63) is 35.2 Å². The summed E-state index contributed by atoms with van der Waals surface area (Å²) in [5, 5.41) is 4.48. The number of guanidine groups is 1. The van der Waals surface area contributed by atoms with E-state index in [0.29, 0.717) is 0 Å². The van der Waals surface area contributed by atoms with Gasteiger partial charge in [0.1, 0.15) is 11.6 Å². The van der Waals surface area contributed by atoms with E-state index in [1.807, 2.05) is 0 Å². The van der Waals surface area contributed by atoms with Gasteiger partial charge in [-0.1, -0.05) is 19.1 Å². The minimum absolute atomic E-state index is 0.755. The van der Waals surface area contributed by atoms with Gasteiger partial charge in [0, 0.05) is 57.2 Å². The molecule has 1 fully saturated rings. The van der Waals surface area contributed by atoms with Gasteiger partial charge < -0.3 is 19.9 Å². The van der Waals surface area contributed by atoms with Gasteiger partial charge in [-0.15, -0.1) is 0 Å². The Labute approximate surface area is 178 Å². The number of ether oxygens (including phenoxy) is 1. The van der Waals surface area contributed by atoms with Crippen LogP contribution in [0.5, 0.6) is 5.75 Å². The maximum atomic E-state index is 5.43. The summed E-state index contributed by atoms with van der Waals surface area (Å²) >= 11 is 1.51. The lowest BCUT2D eigenvalue weighted by atomic mass is 10.1. The van der Waals surface area contributed by atoms with Gasteiger partial charge in [-0.05, 0) is 37.5 Å². The number of anilines is 1. The fourth-order valence-electron chi connectivity index (χ4n) is 3.36. The summed E-state index contributed by atoms with van der Waals surface area (Å²) in [5.41, 5.74) is 2.41. The number of aryl methyl sites for hydroxylation is 2. The van der Waals surface area contributed by atoms with Crippen LogP contribution in [0.1, 0.15) is 30.8 Å². The second-order valence-corrected chi connectivity index (χ2v) is 7.84. The fraction of sp³-hybridized carbons (Fsp3) is 0.571. The molecule has 0 atom stereocenters. The molecule has 0 spiro atoms. The monoisotopic (exact) mass is 416 g/mol. The molecule has 3 rings (SSSR count). The maximum absolute atomic E-state index is 5.43. The lowest BCUT2D eigenvalue weighted by Crippen LogP contribution is -2.52. The zero-order valence-corrected chi connectivity index (χ0v) is 18.8. The van der Waals surface area contributed by atoms with Crippen molar-refractivity contribution in [3.8, 4) is 5.75 Å². The average Bonchev–Trinajstić information content (AvgIpc) is 3.24. The van der Waals surface area contributed by atoms with Crippen molar-refractivity contribution in [2.45, 2.75) is 33.6 Å². The van der Waals surface area contributed by atoms with Crippen LogP contribution in [0.2, 0.25) is 0 Å². The van der Waals surface area contributed by atoms with Crippen molar-refractivity contribution < 1.29 is 4.74 Å². The van der Waals surface area contributed by atoms with E-state index in [2.05, 4.69) is 63.4 Å². The molecule has 0 saturated carbocycles.